The Morgan fingerprint density at radius 2 is 1.77 bits per heavy atom. The predicted octanol–water partition coefficient (Wildman–Crippen LogP) is 4.40. The maximum absolute atomic E-state index is 13.4. The van der Waals surface area contributed by atoms with Crippen LogP contribution in [-0.2, 0) is 9.59 Å². The summed E-state index contributed by atoms with van der Waals surface area (Å²) in [5.74, 6) is -4.39. The first-order valence-electron chi connectivity index (χ1n) is 13.4. The summed E-state index contributed by atoms with van der Waals surface area (Å²) in [5, 5.41) is 4.74. The Hall–Kier alpha value is -3.66. The number of rotatable bonds is 7. The van der Waals surface area contributed by atoms with Crippen LogP contribution in [0.25, 0.3) is 17.0 Å². The third-order valence-electron chi connectivity index (χ3n) is 8.15. The lowest BCUT2D eigenvalue weighted by Gasteiger charge is -2.38. The van der Waals surface area contributed by atoms with Gasteiger partial charge >= 0.3 is 0 Å². The summed E-state index contributed by atoms with van der Waals surface area (Å²) in [6.45, 7) is 0.876. The van der Waals surface area contributed by atoms with Crippen LogP contribution in [0.4, 0.5) is 13.2 Å². The second kappa shape index (κ2) is 11.6. The molecule has 0 radical (unpaired) electrons. The normalized spacial score (nSPS) is 21.5. The minimum absolute atomic E-state index is 0.00895. The molecule has 0 spiro atoms. The third-order valence-corrected chi connectivity index (χ3v) is 8.15. The van der Waals surface area contributed by atoms with Crippen molar-refractivity contribution < 1.29 is 22.8 Å². The first kappa shape index (κ1) is 26.9. The van der Waals surface area contributed by atoms with Crippen LogP contribution in [0.2, 0.25) is 0 Å². The summed E-state index contributed by atoms with van der Waals surface area (Å²) in [6.07, 6.45) is 13.3. The Balaban J connectivity index is 1.13. The molecule has 39 heavy (non-hydrogen) atoms. The fourth-order valence-electron chi connectivity index (χ4n) is 6.01. The van der Waals surface area contributed by atoms with Crippen LogP contribution in [0, 0.1) is 23.4 Å². The predicted molar refractivity (Wildman–Crippen MR) is 142 cm³/mol. The zero-order chi connectivity index (χ0) is 27.5. The van der Waals surface area contributed by atoms with Crippen LogP contribution in [0.5, 0.6) is 0 Å². The highest BCUT2D eigenvalue weighted by atomic mass is 19.2. The molecule has 206 valence electrons. The van der Waals surface area contributed by atoms with Gasteiger partial charge in [0, 0.05) is 43.0 Å². The number of halogens is 3. The lowest BCUT2D eigenvalue weighted by atomic mass is 9.80. The maximum atomic E-state index is 13.4. The molecule has 2 fully saturated rings. The molecule has 5 rings (SSSR count). The van der Waals surface area contributed by atoms with Crippen molar-refractivity contribution in [1.29, 1.82) is 0 Å². The van der Waals surface area contributed by atoms with Gasteiger partial charge in [0.1, 0.15) is 0 Å². The fourth-order valence-corrected chi connectivity index (χ4v) is 6.01. The number of likely N-dealkylation sites (tertiary alicyclic amines) is 1. The van der Waals surface area contributed by atoms with Gasteiger partial charge in [0.05, 0.1) is 17.8 Å². The Labute approximate surface area is 224 Å². The number of nitrogens with one attached hydrogen (secondary N) is 2. The average Bonchev–Trinajstić information content (AvgIpc) is 3.38. The van der Waals surface area contributed by atoms with Crippen molar-refractivity contribution in [3.05, 3.63) is 71.4 Å². The van der Waals surface area contributed by atoms with Crippen LogP contribution >= 0.6 is 0 Å². The maximum Gasteiger partial charge on any atom is 0.246 e. The molecule has 2 amide bonds. The van der Waals surface area contributed by atoms with Gasteiger partial charge in [-0.25, -0.2) is 13.2 Å². The van der Waals surface area contributed by atoms with Crippen molar-refractivity contribution >= 4 is 28.8 Å². The third kappa shape index (κ3) is 6.00. The number of nitrogens with zero attached hydrogens (tertiary/aromatic N) is 2. The number of aromatic nitrogens is 2. The number of carbonyl (C=O) groups excluding carboxylic acids is 2. The molecule has 7 nitrogen and oxygen atoms in total. The van der Waals surface area contributed by atoms with Crippen molar-refractivity contribution in [2.75, 3.05) is 13.1 Å². The topological polar surface area (TPSA) is 104 Å². The largest absolute Gasteiger partial charge is 0.368 e. The van der Waals surface area contributed by atoms with E-state index in [1.165, 1.54) is 23.1 Å². The van der Waals surface area contributed by atoms with Crippen molar-refractivity contribution in [2.24, 2.45) is 11.7 Å². The number of piperidine rings is 1. The molecule has 10 heteroatoms. The molecule has 1 aliphatic heterocycles. The fraction of sp³-hybridized carbons (Fsp3) is 0.414. The standard InChI is InChI=1S/C29H32F3N5O2/c30-23-13-17(14-24(31)27(23)32)1-6-26(38)37-11-8-19(9-12-37)28(29(33)39)36-20-4-2-18(3-5-20)22-15-35-25-16-34-10-7-21(22)25/h1,6-7,10,13-16,18-20,28,35-36H,2-5,8-9,11-12H2,(H2,33,39)/b6-1+. The molecule has 0 bridgehead atoms. The Morgan fingerprint density at radius 3 is 2.44 bits per heavy atom. The first-order valence-corrected chi connectivity index (χ1v) is 13.4. The summed E-state index contributed by atoms with van der Waals surface area (Å²) >= 11 is 0. The zero-order valence-electron chi connectivity index (χ0n) is 21.5. The van der Waals surface area contributed by atoms with Crippen molar-refractivity contribution in [1.82, 2.24) is 20.2 Å². The average molecular weight is 540 g/mol. The number of hydrogen-bond acceptors (Lipinski definition) is 4. The molecule has 4 N–H and O–H groups in total. The minimum Gasteiger partial charge on any atom is -0.368 e. The van der Waals surface area contributed by atoms with E-state index in [4.69, 9.17) is 5.73 Å². The molecule has 1 saturated heterocycles. The molecule has 3 aromatic rings. The monoisotopic (exact) mass is 539 g/mol. The van der Waals surface area contributed by atoms with E-state index >= 15 is 0 Å². The Morgan fingerprint density at radius 1 is 1.08 bits per heavy atom. The van der Waals surface area contributed by atoms with Gasteiger partial charge < -0.3 is 20.9 Å². The molecule has 1 aliphatic carbocycles. The van der Waals surface area contributed by atoms with Gasteiger partial charge in [0.15, 0.2) is 17.5 Å². The quantitative estimate of drug-likeness (QED) is 0.306. The highest BCUT2D eigenvalue weighted by molar-refractivity contribution is 5.92. The summed E-state index contributed by atoms with van der Waals surface area (Å²) in [5.41, 5.74) is 8.22. The summed E-state index contributed by atoms with van der Waals surface area (Å²) < 4.78 is 40.0. The van der Waals surface area contributed by atoms with Gasteiger partial charge in [-0.3, -0.25) is 14.6 Å². The lowest BCUT2D eigenvalue weighted by Crippen LogP contribution is -2.54. The molecule has 2 aromatic heterocycles. The van der Waals surface area contributed by atoms with Gasteiger partial charge in [0.25, 0.3) is 0 Å². The van der Waals surface area contributed by atoms with Crippen LogP contribution in [0.1, 0.15) is 55.6 Å². The molecule has 1 unspecified atom stereocenters. The molecular weight excluding hydrogens is 507 g/mol. The number of aromatic amines is 1. The second-order valence-electron chi connectivity index (χ2n) is 10.6. The van der Waals surface area contributed by atoms with Gasteiger partial charge in [0.2, 0.25) is 11.8 Å². The summed E-state index contributed by atoms with van der Waals surface area (Å²) in [7, 11) is 0. The van der Waals surface area contributed by atoms with E-state index in [1.807, 2.05) is 18.5 Å². The van der Waals surface area contributed by atoms with Gasteiger partial charge in [-0.2, -0.15) is 0 Å². The van der Waals surface area contributed by atoms with Crippen molar-refractivity contribution in [2.45, 2.75) is 56.5 Å². The summed E-state index contributed by atoms with van der Waals surface area (Å²) in [4.78, 5) is 34.1. The van der Waals surface area contributed by atoms with Gasteiger partial charge in [-0.05, 0) is 85.8 Å². The lowest BCUT2D eigenvalue weighted by molar-refractivity contribution is -0.128. The number of H-pyrrole nitrogens is 1. The number of hydrogen-bond donors (Lipinski definition) is 3. The van der Waals surface area contributed by atoms with Crippen LogP contribution < -0.4 is 11.1 Å². The molecule has 3 heterocycles. The SMILES string of the molecule is NC(=O)C(NC1CCC(c2c[nH]c3cnccc23)CC1)C1CCN(C(=O)/C=C/c2cc(F)c(F)c(F)c2)CC1. The number of nitrogens with two attached hydrogens (primary N) is 1. The number of amides is 2. The van der Waals surface area contributed by atoms with E-state index in [-0.39, 0.29) is 29.3 Å². The molecule has 2 aliphatic rings. The van der Waals surface area contributed by atoms with Crippen LogP contribution in [0.15, 0.2) is 42.9 Å². The molecular formula is C29H32F3N5O2. The second-order valence-corrected chi connectivity index (χ2v) is 10.6. The van der Waals surface area contributed by atoms with Gasteiger partial charge in [-0.15, -0.1) is 0 Å². The van der Waals surface area contributed by atoms with E-state index in [2.05, 4.69) is 21.5 Å². The minimum atomic E-state index is -1.54. The number of fused-ring (bicyclic) bond motifs is 1. The Kier molecular flexibility index (Phi) is 8.02. The smallest absolute Gasteiger partial charge is 0.246 e. The van der Waals surface area contributed by atoms with Gasteiger partial charge in [-0.1, -0.05) is 0 Å². The van der Waals surface area contributed by atoms with Crippen molar-refractivity contribution in [3.8, 4) is 0 Å². The molecule has 1 aromatic carbocycles. The highest BCUT2D eigenvalue weighted by Crippen LogP contribution is 2.37. The van der Waals surface area contributed by atoms with E-state index in [0.717, 1.165) is 43.3 Å². The number of primary amides is 1. The van der Waals surface area contributed by atoms with E-state index < -0.39 is 23.5 Å². The van der Waals surface area contributed by atoms with Crippen molar-refractivity contribution in [3.63, 3.8) is 0 Å². The number of benzene rings is 1. The summed E-state index contributed by atoms with van der Waals surface area (Å²) in [6, 6.07) is 3.45. The first-order chi connectivity index (χ1) is 18.8. The molecule has 1 saturated carbocycles. The highest BCUT2D eigenvalue weighted by Gasteiger charge is 2.34. The molecule has 1 atom stereocenters. The zero-order valence-corrected chi connectivity index (χ0v) is 21.5. The van der Waals surface area contributed by atoms with Crippen LogP contribution in [-0.4, -0.2) is 51.9 Å². The Bertz CT molecular complexity index is 1350. The number of pyridine rings is 1. The number of carbonyl (C=O) groups is 2. The van der Waals surface area contributed by atoms with E-state index in [0.29, 0.717) is 31.8 Å². The van der Waals surface area contributed by atoms with E-state index in [1.54, 1.807) is 4.90 Å². The van der Waals surface area contributed by atoms with Crippen LogP contribution in [0.3, 0.4) is 0 Å². The van der Waals surface area contributed by atoms with E-state index in [9.17, 15) is 22.8 Å².